The molecule has 0 N–H and O–H groups in total. The maximum absolute atomic E-state index is 5.88. The van der Waals surface area contributed by atoms with Gasteiger partial charge in [-0.1, -0.05) is 23.2 Å². The van der Waals surface area contributed by atoms with Crippen LogP contribution in [0.4, 0.5) is 0 Å². The molecule has 2 aromatic heterocycles. The van der Waals surface area contributed by atoms with Gasteiger partial charge in [0, 0.05) is 16.6 Å². The highest BCUT2D eigenvalue weighted by atomic mass is 35.5. The third-order valence-electron chi connectivity index (χ3n) is 1.50. The van der Waals surface area contributed by atoms with E-state index in [0.29, 0.717) is 5.15 Å². The Balaban J connectivity index is 2.52. The molecule has 2 aromatic rings. The van der Waals surface area contributed by atoms with Crippen molar-refractivity contribution in [2.75, 3.05) is 0 Å². The summed E-state index contributed by atoms with van der Waals surface area (Å²) in [6, 6.07) is 3.72. The SMILES string of the molecule is Clc1ccc(-c2cncnc2Cl)s1. The molecule has 0 fully saturated rings. The Kier molecular flexibility index (Phi) is 2.49. The molecule has 0 saturated heterocycles. The van der Waals surface area contributed by atoms with Crippen molar-refractivity contribution in [1.29, 1.82) is 0 Å². The van der Waals surface area contributed by atoms with Crippen LogP contribution in [-0.4, -0.2) is 9.97 Å². The first-order valence-corrected chi connectivity index (χ1v) is 5.06. The molecule has 0 aliphatic heterocycles. The van der Waals surface area contributed by atoms with Crippen LogP contribution in [0.25, 0.3) is 10.4 Å². The van der Waals surface area contributed by atoms with Crippen LogP contribution >= 0.6 is 34.5 Å². The Labute approximate surface area is 89.2 Å². The minimum Gasteiger partial charge on any atom is -0.244 e. The summed E-state index contributed by atoms with van der Waals surface area (Å²) in [5, 5.41) is 0.452. The minimum absolute atomic E-state index is 0.452. The molecule has 0 saturated carbocycles. The van der Waals surface area contributed by atoms with E-state index in [0.717, 1.165) is 14.8 Å². The molecule has 0 atom stereocenters. The van der Waals surface area contributed by atoms with Crippen LogP contribution < -0.4 is 0 Å². The largest absolute Gasteiger partial charge is 0.244 e. The van der Waals surface area contributed by atoms with E-state index >= 15 is 0 Å². The van der Waals surface area contributed by atoms with Gasteiger partial charge in [-0.3, -0.25) is 0 Å². The molecule has 5 heteroatoms. The summed E-state index contributed by atoms with van der Waals surface area (Å²) < 4.78 is 0.731. The van der Waals surface area contributed by atoms with E-state index in [4.69, 9.17) is 23.2 Å². The summed E-state index contributed by atoms with van der Waals surface area (Å²) >= 11 is 13.1. The zero-order valence-corrected chi connectivity index (χ0v) is 8.70. The first-order valence-electron chi connectivity index (χ1n) is 3.48. The van der Waals surface area contributed by atoms with Crippen LogP contribution in [-0.2, 0) is 0 Å². The van der Waals surface area contributed by atoms with Crippen molar-refractivity contribution in [3.8, 4) is 10.4 Å². The third kappa shape index (κ3) is 1.82. The lowest BCUT2D eigenvalue weighted by atomic mass is 10.3. The first-order chi connectivity index (χ1) is 6.27. The number of rotatable bonds is 1. The van der Waals surface area contributed by atoms with E-state index in [2.05, 4.69) is 9.97 Å². The van der Waals surface area contributed by atoms with Crippen LogP contribution in [0.3, 0.4) is 0 Å². The minimum atomic E-state index is 0.452. The van der Waals surface area contributed by atoms with Gasteiger partial charge in [0.2, 0.25) is 0 Å². The van der Waals surface area contributed by atoms with Crippen molar-refractivity contribution in [3.63, 3.8) is 0 Å². The fourth-order valence-corrected chi connectivity index (χ4v) is 2.24. The van der Waals surface area contributed by atoms with Crippen LogP contribution in [0.15, 0.2) is 24.7 Å². The topological polar surface area (TPSA) is 25.8 Å². The maximum Gasteiger partial charge on any atom is 0.141 e. The molecule has 0 spiro atoms. The van der Waals surface area contributed by atoms with Crippen LogP contribution in [0.2, 0.25) is 9.49 Å². The normalized spacial score (nSPS) is 10.3. The Morgan fingerprint density at radius 1 is 1.23 bits per heavy atom. The second-order valence-corrected chi connectivity index (χ2v) is 4.40. The molecule has 0 radical (unpaired) electrons. The lowest BCUT2D eigenvalue weighted by Gasteiger charge is -1.96. The van der Waals surface area contributed by atoms with Gasteiger partial charge in [-0.15, -0.1) is 11.3 Å². The highest BCUT2D eigenvalue weighted by Crippen LogP contribution is 2.33. The summed E-state index contributed by atoms with van der Waals surface area (Å²) in [4.78, 5) is 8.76. The van der Waals surface area contributed by atoms with Gasteiger partial charge < -0.3 is 0 Å². The molecule has 2 nitrogen and oxygen atoms in total. The van der Waals surface area contributed by atoms with Gasteiger partial charge in [-0.2, -0.15) is 0 Å². The number of aromatic nitrogens is 2. The maximum atomic E-state index is 5.88. The summed E-state index contributed by atoms with van der Waals surface area (Å²) in [5.41, 5.74) is 0.820. The van der Waals surface area contributed by atoms with Gasteiger partial charge in [-0.05, 0) is 12.1 Å². The Bertz CT molecular complexity index is 428. The first kappa shape index (κ1) is 8.94. The van der Waals surface area contributed by atoms with Gasteiger partial charge >= 0.3 is 0 Å². The second kappa shape index (κ2) is 3.62. The Hall–Kier alpha value is -0.640. The summed E-state index contributed by atoms with van der Waals surface area (Å²) in [5.74, 6) is 0. The molecule has 66 valence electrons. The quantitative estimate of drug-likeness (QED) is 0.702. The summed E-state index contributed by atoms with van der Waals surface area (Å²) in [6.45, 7) is 0. The molecule has 2 rings (SSSR count). The van der Waals surface area contributed by atoms with Gasteiger partial charge in [-0.25, -0.2) is 9.97 Å². The molecule has 0 unspecified atom stereocenters. The number of thiophene rings is 1. The average Bonchev–Trinajstić information content (AvgIpc) is 2.53. The smallest absolute Gasteiger partial charge is 0.141 e. The van der Waals surface area contributed by atoms with E-state index in [9.17, 15) is 0 Å². The van der Waals surface area contributed by atoms with Crippen LogP contribution in [0.5, 0.6) is 0 Å². The van der Waals surface area contributed by atoms with Gasteiger partial charge in [0.05, 0.1) is 4.34 Å². The van der Waals surface area contributed by atoms with Crippen LogP contribution in [0.1, 0.15) is 0 Å². The van der Waals surface area contributed by atoms with E-state index in [1.807, 2.05) is 12.1 Å². The predicted molar refractivity (Wildman–Crippen MR) is 55.4 cm³/mol. The molecule has 0 aromatic carbocycles. The van der Waals surface area contributed by atoms with Crippen molar-refractivity contribution in [2.45, 2.75) is 0 Å². The van der Waals surface area contributed by atoms with E-state index in [1.54, 1.807) is 6.20 Å². The van der Waals surface area contributed by atoms with E-state index in [-0.39, 0.29) is 0 Å². The lowest BCUT2D eigenvalue weighted by molar-refractivity contribution is 1.17. The van der Waals surface area contributed by atoms with Crippen molar-refractivity contribution < 1.29 is 0 Å². The van der Waals surface area contributed by atoms with Crippen molar-refractivity contribution >= 4 is 34.5 Å². The van der Waals surface area contributed by atoms with Gasteiger partial charge in [0.15, 0.2) is 0 Å². The van der Waals surface area contributed by atoms with E-state index in [1.165, 1.54) is 17.7 Å². The molecule has 0 amide bonds. The monoisotopic (exact) mass is 230 g/mol. The second-order valence-electron chi connectivity index (χ2n) is 2.33. The highest BCUT2D eigenvalue weighted by Gasteiger charge is 2.06. The zero-order chi connectivity index (χ0) is 9.26. The highest BCUT2D eigenvalue weighted by molar-refractivity contribution is 7.19. The Morgan fingerprint density at radius 2 is 2.08 bits per heavy atom. The van der Waals surface area contributed by atoms with E-state index < -0.39 is 0 Å². The fourth-order valence-electron chi connectivity index (χ4n) is 0.939. The molecule has 0 aliphatic carbocycles. The summed E-state index contributed by atoms with van der Waals surface area (Å²) in [6.07, 6.45) is 3.10. The van der Waals surface area contributed by atoms with Crippen LogP contribution in [0, 0.1) is 0 Å². The number of halogens is 2. The zero-order valence-electron chi connectivity index (χ0n) is 6.37. The summed E-state index contributed by atoms with van der Waals surface area (Å²) in [7, 11) is 0. The molecule has 13 heavy (non-hydrogen) atoms. The molecule has 0 aliphatic rings. The molecular formula is C8H4Cl2N2S. The van der Waals surface area contributed by atoms with Crippen molar-refractivity contribution in [3.05, 3.63) is 34.1 Å². The molecule has 0 bridgehead atoms. The standard InChI is InChI=1S/C8H4Cl2N2S/c9-7-2-1-6(13-7)5-3-11-4-12-8(5)10/h1-4H. The fraction of sp³-hybridized carbons (Fsp3) is 0. The average molecular weight is 231 g/mol. The van der Waals surface area contributed by atoms with Gasteiger partial charge in [0.25, 0.3) is 0 Å². The number of hydrogen-bond donors (Lipinski definition) is 0. The molecule has 2 heterocycles. The van der Waals surface area contributed by atoms with Gasteiger partial charge in [0.1, 0.15) is 11.5 Å². The van der Waals surface area contributed by atoms with Crippen molar-refractivity contribution in [1.82, 2.24) is 9.97 Å². The predicted octanol–water partition coefficient (Wildman–Crippen LogP) is 3.51. The lowest BCUT2D eigenvalue weighted by Crippen LogP contribution is -1.81. The third-order valence-corrected chi connectivity index (χ3v) is 3.07. The van der Waals surface area contributed by atoms with Crippen molar-refractivity contribution in [2.24, 2.45) is 0 Å². The number of hydrogen-bond acceptors (Lipinski definition) is 3. The number of nitrogens with zero attached hydrogens (tertiary/aromatic N) is 2. The Morgan fingerprint density at radius 3 is 2.69 bits per heavy atom. The molecular weight excluding hydrogens is 227 g/mol.